The number of carbonyl (C=O) groups excluding carboxylic acids is 3. The quantitative estimate of drug-likeness (QED) is 0.140. The van der Waals surface area contributed by atoms with Crippen molar-refractivity contribution in [2.24, 2.45) is 0 Å². The third-order valence-electron chi connectivity index (χ3n) is 4.91. The molecule has 14 nitrogen and oxygen atoms in total. The Morgan fingerprint density at radius 1 is 0.694 bits per heavy atom. The van der Waals surface area contributed by atoms with Crippen LogP contribution in [0.1, 0.15) is 12.8 Å². The average Bonchev–Trinajstić information content (AvgIpc) is 2.86. The van der Waals surface area contributed by atoms with E-state index in [2.05, 4.69) is 30.4 Å². The van der Waals surface area contributed by atoms with Crippen LogP contribution in [0.5, 0.6) is 0 Å². The molecule has 1 heterocycles. The number of amides is 2. The molecule has 0 aliphatic heterocycles. The van der Waals surface area contributed by atoms with Gasteiger partial charge in [0, 0.05) is 19.5 Å². The molecule has 0 spiro atoms. The number of allylic oxidation sites excluding steroid dienone is 1. The summed E-state index contributed by atoms with van der Waals surface area (Å²) >= 11 is 0. The lowest BCUT2D eigenvalue weighted by molar-refractivity contribution is -0.117. The van der Waals surface area contributed by atoms with E-state index in [4.69, 9.17) is 0 Å². The second-order valence-electron chi connectivity index (χ2n) is 7.75. The van der Waals surface area contributed by atoms with Gasteiger partial charge in [-0.25, -0.2) is 28.1 Å². The van der Waals surface area contributed by atoms with Gasteiger partial charge < -0.3 is 26.0 Å². The molecule has 0 aliphatic rings. The zero-order valence-electron chi connectivity index (χ0n) is 19.7. The number of aliphatic hydroxyl groups is 3. The molecule has 0 aromatic carbocycles. The standard InChI is InChI=1S/C22H31N5O9/c1-4-14(28)7-8-15(29)11-25-20(34)26(12-16(30)9-23-18(32)5-2)22(36)27(21(25)35)13-17(31)10-24-19(33)6-3/h4-6,15-17,29-31H,1-3,7-13H2,(H,23,32)(H,24,33). The highest BCUT2D eigenvalue weighted by atomic mass is 16.3. The first-order valence-corrected chi connectivity index (χ1v) is 10.9. The maximum Gasteiger partial charge on any atom is 0.336 e. The van der Waals surface area contributed by atoms with E-state index in [9.17, 15) is 44.1 Å². The fraction of sp³-hybridized carbons (Fsp3) is 0.455. The lowest BCUT2D eigenvalue weighted by atomic mass is 10.1. The largest absolute Gasteiger partial charge is 0.391 e. The topological polar surface area (TPSA) is 202 Å². The first-order chi connectivity index (χ1) is 16.9. The normalized spacial score (nSPS) is 13.2. The number of rotatable bonds is 16. The van der Waals surface area contributed by atoms with Gasteiger partial charge in [0.05, 0.1) is 37.9 Å². The van der Waals surface area contributed by atoms with Crippen molar-refractivity contribution < 1.29 is 29.7 Å². The van der Waals surface area contributed by atoms with Crippen LogP contribution in [0.3, 0.4) is 0 Å². The van der Waals surface area contributed by atoms with Gasteiger partial charge in [0.2, 0.25) is 11.8 Å². The van der Waals surface area contributed by atoms with Gasteiger partial charge in [0.1, 0.15) is 0 Å². The number of carbonyl (C=O) groups is 3. The highest BCUT2D eigenvalue weighted by Crippen LogP contribution is 2.00. The minimum atomic E-state index is -1.43. The Bertz CT molecular complexity index is 991. The van der Waals surface area contributed by atoms with Crippen LogP contribution in [0.4, 0.5) is 0 Å². The van der Waals surface area contributed by atoms with E-state index in [-0.39, 0.29) is 31.7 Å². The van der Waals surface area contributed by atoms with E-state index < -0.39 is 66.8 Å². The molecule has 1 aromatic rings. The van der Waals surface area contributed by atoms with Gasteiger partial charge in [0.25, 0.3) is 0 Å². The van der Waals surface area contributed by atoms with E-state index in [0.29, 0.717) is 13.7 Å². The predicted octanol–water partition coefficient (Wildman–Crippen LogP) is -3.61. The predicted molar refractivity (Wildman–Crippen MR) is 128 cm³/mol. The molecular formula is C22H31N5O9. The van der Waals surface area contributed by atoms with Crippen LogP contribution in [0.25, 0.3) is 0 Å². The third kappa shape index (κ3) is 9.05. The maximum absolute atomic E-state index is 12.9. The number of aliphatic hydroxyl groups excluding tert-OH is 3. The minimum absolute atomic E-state index is 0.101. The van der Waals surface area contributed by atoms with Crippen LogP contribution >= 0.6 is 0 Å². The lowest BCUT2D eigenvalue weighted by Gasteiger charge is -2.19. The second-order valence-corrected chi connectivity index (χ2v) is 7.75. The monoisotopic (exact) mass is 509 g/mol. The molecule has 0 saturated heterocycles. The molecule has 0 aliphatic carbocycles. The Labute approximate surface area is 205 Å². The summed E-state index contributed by atoms with van der Waals surface area (Å²) in [5.74, 6) is -1.57. The van der Waals surface area contributed by atoms with Crippen LogP contribution in [-0.4, -0.2) is 78.0 Å². The van der Waals surface area contributed by atoms with Crippen LogP contribution in [0.2, 0.25) is 0 Å². The highest BCUT2D eigenvalue weighted by Gasteiger charge is 2.22. The summed E-state index contributed by atoms with van der Waals surface area (Å²) in [5, 5.41) is 35.3. The van der Waals surface area contributed by atoms with Crippen molar-refractivity contribution in [3.63, 3.8) is 0 Å². The summed E-state index contributed by atoms with van der Waals surface area (Å²) in [6, 6.07) is 0. The minimum Gasteiger partial charge on any atom is -0.391 e. The average molecular weight is 510 g/mol. The van der Waals surface area contributed by atoms with Crippen LogP contribution < -0.4 is 27.7 Å². The van der Waals surface area contributed by atoms with Gasteiger partial charge in [-0.2, -0.15) is 0 Å². The Morgan fingerprint density at radius 3 is 1.39 bits per heavy atom. The van der Waals surface area contributed by atoms with Crippen molar-refractivity contribution in [3.05, 3.63) is 69.4 Å². The number of hydrogen-bond donors (Lipinski definition) is 5. The van der Waals surface area contributed by atoms with Gasteiger partial charge in [-0.1, -0.05) is 19.7 Å². The fourth-order valence-electron chi connectivity index (χ4n) is 3.00. The molecule has 3 atom stereocenters. The summed E-state index contributed by atoms with van der Waals surface area (Å²) in [6.45, 7) is 7.27. The zero-order valence-corrected chi connectivity index (χ0v) is 19.7. The van der Waals surface area contributed by atoms with Crippen molar-refractivity contribution >= 4 is 17.6 Å². The molecule has 198 valence electrons. The molecular weight excluding hydrogens is 478 g/mol. The van der Waals surface area contributed by atoms with Gasteiger partial charge in [-0.3, -0.25) is 14.4 Å². The van der Waals surface area contributed by atoms with Crippen molar-refractivity contribution in [1.29, 1.82) is 0 Å². The van der Waals surface area contributed by atoms with Gasteiger partial charge in [0.15, 0.2) is 5.78 Å². The van der Waals surface area contributed by atoms with Crippen molar-refractivity contribution in [3.8, 4) is 0 Å². The SMILES string of the molecule is C=CC(=O)CCC(O)Cn1c(=O)n(CC(O)CNC(=O)C=C)c(=O)n(CC(O)CNC(=O)C=C)c1=O. The molecule has 36 heavy (non-hydrogen) atoms. The van der Waals surface area contributed by atoms with E-state index in [1.807, 2.05) is 0 Å². The van der Waals surface area contributed by atoms with Crippen LogP contribution in [0, 0.1) is 0 Å². The van der Waals surface area contributed by atoms with Crippen molar-refractivity contribution in [2.75, 3.05) is 13.1 Å². The van der Waals surface area contributed by atoms with E-state index in [0.717, 1.165) is 18.2 Å². The summed E-state index contributed by atoms with van der Waals surface area (Å²) in [7, 11) is 0. The van der Waals surface area contributed by atoms with E-state index in [1.54, 1.807) is 0 Å². The number of nitrogens with one attached hydrogen (secondary N) is 2. The maximum atomic E-state index is 12.9. The Kier molecular flexibility index (Phi) is 12.1. The summed E-state index contributed by atoms with van der Waals surface area (Å²) < 4.78 is 1.57. The number of aromatic nitrogens is 3. The van der Waals surface area contributed by atoms with E-state index in [1.165, 1.54) is 0 Å². The summed E-state index contributed by atoms with van der Waals surface area (Å²) in [4.78, 5) is 72.9. The van der Waals surface area contributed by atoms with Gasteiger partial charge in [-0.05, 0) is 24.6 Å². The fourth-order valence-corrected chi connectivity index (χ4v) is 3.00. The number of ketones is 1. The Hall–Kier alpha value is -3.88. The second kappa shape index (κ2) is 14.5. The highest BCUT2D eigenvalue weighted by molar-refractivity contribution is 5.89. The molecule has 1 rings (SSSR count). The Balaban J connectivity index is 3.36. The van der Waals surface area contributed by atoms with Crippen LogP contribution in [0.15, 0.2) is 52.3 Å². The van der Waals surface area contributed by atoms with E-state index >= 15 is 0 Å². The number of hydrogen-bond acceptors (Lipinski definition) is 9. The molecule has 1 aromatic heterocycles. The third-order valence-corrected chi connectivity index (χ3v) is 4.91. The smallest absolute Gasteiger partial charge is 0.336 e. The first-order valence-electron chi connectivity index (χ1n) is 10.9. The van der Waals surface area contributed by atoms with Crippen LogP contribution in [-0.2, 0) is 34.0 Å². The zero-order chi connectivity index (χ0) is 27.4. The molecule has 5 N–H and O–H groups in total. The molecule has 2 amide bonds. The molecule has 0 fully saturated rings. The lowest BCUT2D eigenvalue weighted by Crippen LogP contribution is -2.57. The number of nitrogens with zero attached hydrogens (tertiary/aromatic N) is 3. The van der Waals surface area contributed by atoms with Gasteiger partial charge in [-0.15, -0.1) is 0 Å². The van der Waals surface area contributed by atoms with Gasteiger partial charge >= 0.3 is 17.1 Å². The molecule has 0 bridgehead atoms. The summed E-state index contributed by atoms with van der Waals surface area (Å²) in [6.07, 6.45) is -1.42. The molecule has 14 heteroatoms. The molecule has 0 saturated carbocycles. The van der Waals surface area contributed by atoms with Crippen molar-refractivity contribution in [1.82, 2.24) is 24.3 Å². The Morgan fingerprint density at radius 2 is 1.06 bits per heavy atom. The molecule has 0 radical (unpaired) electrons. The van der Waals surface area contributed by atoms with Crippen molar-refractivity contribution in [2.45, 2.75) is 50.8 Å². The summed E-state index contributed by atoms with van der Waals surface area (Å²) in [5.41, 5.74) is -3.47. The molecule has 3 unspecified atom stereocenters. The first kappa shape index (κ1) is 30.2.